The van der Waals surface area contributed by atoms with E-state index < -0.39 is 10.0 Å². The zero-order valence-corrected chi connectivity index (χ0v) is 15.0. The van der Waals surface area contributed by atoms with Crippen LogP contribution in [-0.2, 0) is 16.6 Å². The Bertz CT molecular complexity index is 1000. The maximum Gasteiger partial charge on any atom is 0.291 e. The molecule has 0 bridgehead atoms. The number of nitrogens with one attached hydrogen (secondary N) is 2. The normalized spacial score (nSPS) is 11.3. The molecule has 1 amide bonds. The molecule has 2 N–H and O–H groups in total. The number of halogens is 1. The Hall–Kier alpha value is -2.61. The predicted octanol–water partition coefficient (Wildman–Crippen LogP) is 3.66. The fraction of sp³-hybridized carbons (Fsp3) is 0.0556. The van der Waals surface area contributed by atoms with E-state index in [1.807, 2.05) is 0 Å². The van der Waals surface area contributed by atoms with Gasteiger partial charge >= 0.3 is 0 Å². The third-order valence-electron chi connectivity index (χ3n) is 3.53. The Morgan fingerprint density at radius 2 is 1.81 bits per heavy atom. The van der Waals surface area contributed by atoms with Crippen LogP contribution >= 0.6 is 11.6 Å². The average molecular weight is 391 g/mol. The van der Waals surface area contributed by atoms with E-state index in [9.17, 15) is 13.2 Å². The first-order valence-corrected chi connectivity index (χ1v) is 9.49. The van der Waals surface area contributed by atoms with Crippen LogP contribution in [0, 0.1) is 0 Å². The molecule has 6 nitrogen and oxygen atoms in total. The van der Waals surface area contributed by atoms with Crippen LogP contribution in [0.3, 0.4) is 0 Å². The number of rotatable bonds is 6. The molecule has 26 heavy (non-hydrogen) atoms. The van der Waals surface area contributed by atoms with Gasteiger partial charge in [-0.05, 0) is 48.0 Å². The Kier molecular flexibility index (Phi) is 5.41. The third-order valence-corrected chi connectivity index (χ3v) is 5.16. The van der Waals surface area contributed by atoms with Gasteiger partial charge in [0.15, 0.2) is 5.76 Å². The van der Waals surface area contributed by atoms with E-state index in [0.717, 1.165) is 5.56 Å². The largest absolute Gasteiger partial charge is 0.459 e. The summed E-state index contributed by atoms with van der Waals surface area (Å²) in [6.07, 6.45) is 1.42. The van der Waals surface area contributed by atoms with Crippen molar-refractivity contribution in [3.05, 3.63) is 83.3 Å². The Morgan fingerprint density at radius 1 is 1.04 bits per heavy atom. The Morgan fingerprint density at radius 3 is 2.46 bits per heavy atom. The van der Waals surface area contributed by atoms with Gasteiger partial charge in [-0.25, -0.2) is 13.1 Å². The van der Waals surface area contributed by atoms with E-state index in [-0.39, 0.29) is 23.1 Å². The number of anilines is 1. The molecular weight excluding hydrogens is 376 g/mol. The standard InChI is InChI=1S/C18H15ClN2O4S/c19-14-3-1-4-16(11-14)26(23,24)20-12-13-6-8-15(9-7-13)21-18(22)17-5-2-10-25-17/h1-11,20H,12H2,(H,21,22). The monoisotopic (exact) mass is 390 g/mol. The number of amides is 1. The van der Waals surface area contributed by atoms with Gasteiger partial charge in [-0.2, -0.15) is 0 Å². The van der Waals surface area contributed by atoms with Gasteiger partial charge in [0, 0.05) is 17.3 Å². The smallest absolute Gasteiger partial charge is 0.291 e. The molecule has 3 rings (SSSR count). The lowest BCUT2D eigenvalue weighted by Crippen LogP contribution is -2.23. The molecule has 134 valence electrons. The topological polar surface area (TPSA) is 88.4 Å². The van der Waals surface area contributed by atoms with Crippen molar-refractivity contribution >= 4 is 33.2 Å². The fourth-order valence-electron chi connectivity index (χ4n) is 2.20. The van der Waals surface area contributed by atoms with E-state index in [4.69, 9.17) is 16.0 Å². The molecule has 0 aliphatic rings. The maximum atomic E-state index is 12.3. The van der Waals surface area contributed by atoms with Crippen molar-refractivity contribution in [3.8, 4) is 0 Å². The molecule has 3 aromatic rings. The van der Waals surface area contributed by atoms with E-state index in [0.29, 0.717) is 10.7 Å². The van der Waals surface area contributed by atoms with Gasteiger partial charge in [0.2, 0.25) is 10.0 Å². The summed E-state index contributed by atoms with van der Waals surface area (Å²) in [5.74, 6) is -0.146. The molecule has 1 aromatic heterocycles. The number of hydrogen-bond acceptors (Lipinski definition) is 4. The minimum Gasteiger partial charge on any atom is -0.459 e. The highest BCUT2D eigenvalue weighted by Crippen LogP contribution is 2.16. The van der Waals surface area contributed by atoms with E-state index in [1.54, 1.807) is 48.5 Å². The van der Waals surface area contributed by atoms with Crippen LogP contribution in [0.2, 0.25) is 5.02 Å². The molecular formula is C18H15ClN2O4S. The summed E-state index contributed by atoms with van der Waals surface area (Å²) in [4.78, 5) is 12.0. The number of carbonyl (C=O) groups is 1. The summed E-state index contributed by atoms with van der Waals surface area (Å²) < 4.78 is 32.1. The van der Waals surface area contributed by atoms with Crippen molar-refractivity contribution in [1.29, 1.82) is 0 Å². The van der Waals surface area contributed by atoms with Crippen LogP contribution in [0.15, 0.2) is 76.2 Å². The van der Waals surface area contributed by atoms with E-state index in [2.05, 4.69) is 10.0 Å². The van der Waals surface area contributed by atoms with Gasteiger partial charge in [-0.3, -0.25) is 4.79 Å². The van der Waals surface area contributed by atoms with Crippen LogP contribution in [0.1, 0.15) is 16.1 Å². The van der Waals surface area contributed by atoms with Gasteiger partial charge in [0.05, 0.1) is 11.2 Å². The van der Waals surface area contributed by atoms with Crippen molar-refractivity contribution in [2.75, 3.05) is 5.32 Å². The minimum atomic E-state index is -3.66. The summed E-state index contributed by atoms with van der Waals surface area (Å²) in [6, 6.07) is 16.0. The summed E-state index contributed by atoms with van der Waals surface area (Å²) in [5, 5.41) is 3.04. The van der Waals surface area contributed by atoms with Crippen LogP contribution in [-0.4, -0.2) is 14.3 Å². The zero-order valence-electron chi connectivity index (χ0n) is 13.5. The van der Waals surface area contributed by atoms with Crippen molar-refractivity contribution in [3.63, 3.8) is 0 Å². The summed E-state index contributed by atoms with van der Waals surface area (Å²) in [5.41, 5.74) is 1.32. The first-order valence-electron chi connectivity index (χ1n) is 7.63. The highest BCUT2D eigenvalue weighted by atomic mass is 35.5. The molecule has 1 heterocycles. The van der Waals surface area contributed by atoms with Crippen molar-refractivity contribution in [2.24, 2.45) is 0 Å². The Balaban J connectivity index is 1.62. The molecule has 0 spiro atoms. The molecule has 0 saturated heterocycles. The number of carbonyl (C=O) groups excluding carboxylic acids is 1. The van der Waals surface area contributed by atoms with Crippen LogP contribution in [0.4, 0.5) is 5.69 Å². The lowest BCUT2D eigenvalue weighted by atomic mass is 10.2. The number of furan rings is 1. The molecule has 0 saturated carbocycles. The summed E-state index contributed by atoms with van der Waals surface area (Å²) in [7, 11) is -3.66. The molecule has 0 aliphatic heterocycles. The van der Waals surface area contributed by atoms with Crippen LogP contribution < -0.4 is 10.0 Å². The molecule has 0 atom stereocenters. The SMILES string of the molecule is O=C(Nc1ccc(CNS(=O)(=O)c2cccc(Cl)c2)cc1)c1ccco1. The van der Waals surface area contributed by atoms with Gasteiger partial charge in [-0.15, -0.1) is 0 Å². The highest BCUT2D eigenvalue weighted by Gasteiger charge is 2.14. The molecule has 2 aromatic carbocycles. The van der Waals surface area contributed by atoms with E-state index in [1.165, 1.54) is 18.4 Å². The third kappa shape index (κ3) is 4.51. The average Bonchev–Trinajstić information content (AvgIpc) is 3.16. The quantitative estimate of drug-likeness (QED) is 0.672. The summed E-state index contributed by atoms with van der Waals surface area (Å²) >= 11 is 5.83. The molecule has 0 radical (unpaired) electrons. The van der Waals surface area contributed by atoms with Gasteiger partial charge < -0.3 is 9.73 Å². The van der Waals surface area contributed by atoms with Crippen molar-refractivity contribution < 1.29 is 17.6 Å². The van der Waals surface area contributed by atoms with Gasteiger partial charge in [-0.1, -0.05) is 29.8 Å². The Labute approximate surface area is 155 Å². The second kappa shape index (κ2) is 7.74. The lowest BCUT2D eigenvalue weighted by Gasteiger charge is -2.08. The van der Waals surface area contributed by atoms with Gasteiger partial charge in [0.1, 0.15) is 0 Å². The minimum absolute atomic E-state index is 0.104. The maximum absolute atomic E-state index is 12.3. The van der Waals surface area contributed by atoms with Crippen LogP contribution in [0.5, 0.6) is 0 Å². The van der Waals surface area contributed by atoms with E-state index >= 15 is 0 Å². The van der Waals surface area contributed by atoms with Crippen molar-refractivity contribution in [2.45, 2.75) is 11.4 Å². The first kappa shape index (κ1) is 18.2. The van der Waals surface area contributed by atoms with Crippen LogP contribution in [0.25, 0.3) is 0 Å². The second-order valence-corrected chi connectivity index (χ2v) is 7.61. The summed E-state index contributed by atoms with van der Waals surface area (Å²) in [6.45, 7) is 0.112. The number of benzene rings is 2. The number of sulfonamides is 1. The first-order chi connectivity index (χ1) is 12.4. The highest BCUT2D eigenvalue weighted by molar-refractivity contribution is 7.89. The molecule has 0 fully saturated rings. The predicted molar refractivity (Wildman–Crippen MR) is 98.6 cm³/mol. The molecule has 0 unspecified atom stereocenters. The number of hydrogen-bond donors (Lipinski definition) is 2. The zero-order chi connectivity index (χ0) is 18.6. The lowest BCUT2D eigenvalue weighted by molar-refractivity contribution is 0.0996. The van der Waals surface area contributed by atoms with Gasteiger partial charge in [0.25, 0.3) is 5.91 Å². The second-order valence-electron chi connectivity index (χ2n) is 5.41. The van der Waals surface area contributed by atoms with Crippen molar-refractivity contribution in [1.82, 2.24) is 4.72 Å². The molecule has 8 heteroatoms. The molecule has 0 aliphatic carbocycles. The fourth-order valence-corrected chi connectivity index (χ4v) is 3.52.